The fourth-order valence-electron chi connectivity index (χ4n) is 1.53. The summed E-state index contributed by atoms with van der Waals surface area (Å²) in [4.78, 5) is 31.4. The van der Waals surface area contributed by atoms with Crippen molar-refractivity contribution >= 4 is 11.8 Å². The number of rotatable bonds is 5. The fraction of sp³-hybridized carbons (Fsp3) is 0.200. The zero-order chi connectivity index (χ0) is 18.6. The van der Waals surface area contributed by atoms with Gasteiger partial charge in [-0.1, -0.05) is 0 Å². The minimum absolute atomic E-state index is 0.0552. The summed E-state index contributed by atoms with van der Waals surface area (Å²) >= 11 is 0. The first-order valence-electron chi connectivity index (χ1n) is 8.24. The Morgan fingerprint density at radius 1 is 1.33 bits per heavy atom. The molecule has 0 saturated heterocycles. The van der Waals surface area contributed by atoms with Gasteiger partial charge in [0, 0.05) is 37.3 Å². The van der Waals surface area contributed by atoms with Gasteiger partial charge < -0.3 is 10.6 Å². The monoisotopic (exact) mass is 288 g/mol. The molecule has 2 rings (SSSR count). The Kier molecular flexibility index (Phi) is 3.41. The lowest BCUT2D eigenvalue weighted by Gasteiger charge is -2.14. The van der Waals surface area contributed by atoms with Crippen LogP contribution in [0.15, 0.2) is 49.0 Å². The average Bonchev–Trinajstić information content (AvgIpc) is 2.58. The van der Waals surface area contributed by atoms with Crippen LogP contribution >= 0.6 is 0 Å². The third-order valence-electron chi connectivity index (χ3n) is 2.56. The maximum atomic E-state index is 12.2. The Morgan fingerprint density at radius 3 is 2.95 bits per heavy atom. The van der Waals surface area contributed by atoms with Crippen molar-refractivity contribution < 1.29 is 15.1 Å². The van der Waals surface area contributed by atoms with Crippen molar-refractivity contribution in [3.8, 4) is 0 Å². The van der Waals surface area contributed by atoms with E-state index in [2.05, 4.69) is 20.6 Å². The van der Waals surface area contributed by atoms with Crippen LogP contribution in [0.3, 0.4) is 0 Å². The van der Waals surface area contributed by atoms with Gasteiger partial charge in [0.25, 0.3) is 11.8 Å². The standard InChI is InChI=1S/C15H16N4O2/c1-11(19-15(21)13-5-3-7-17-10-13)8-18-14(20)12-4-2-6-16-9-12/h2-7,9-11H,8H2,1H3,(H,18,20)(H,19,21)/i2D,4D,6D,9D. The Balaban J connectivity index is 1.98. The highest BCUT2D eigenvalue weighted by Crippen LogP contribution is 1.97. The molecule has 6 nitrogen and oxygen atoms in total. The first-order valence-corrected chi connectivity index (χ1v) is 6.24. The number of carbonyl (C=O) groups is 2. The average molecular weight is 288 g/mol. The van der Waals surface area contributed by atoms with Gasteiger partial charge in [-0.05, 0) is 31.1 Å². The van der Waals surface area contributed by atoms with Gasteiger partial charge >= 0.3 is 0 Å². The second-order valence-corrected chi connectivity index (χ2v) is 4.29. The molecule has 2 aromatic rings. The highest BCUT2D eigenvalue weighted by atomic mass is 16.2. The number of pyridine rings is 2. The molecular weight excluding hydrogens is 268 g/mol. The summed E-state index contributed by atoms with van der Waals surface area (Å²) < 4.78 is 30.2. The molecule has 0 spiro atoms. The third kappa shape index (κ3) is 4.38. The van der Waals surface area contributed by atoms with Gasteiger partial charge in [0.05, 0.1) is 16.6 Å². The van der Waals surface area contributed by atoms with E-state index in [1.165, 1.54) is 6.20 Å². The summed E-state index contributed by atoms with van der Waals surface area (Å²) in [5.41, 5.74) is 0.0171. The summed E-state index contributed by atoms with van der Waals surface area (Å²) in [6.07, 6.45) is 1.91. The highest BCUT2D eigenvalue weighted by molar-refractivity contribution is 5.95. The lowest BCUT2D eigenvalue weighted by molar-refractivity contribution is 0.0912. The van der Waals surface area contributed by atoms with Crippen molar-refractivity contribution in [2.45, 2.75) is 13.0 Å². The zero-order valence-corrected chi connectivity index (χ0v) is 11.3. The first kappa shape index (κ1) is 10.0. The minimum atomic E-state index is -0.751. The van der Waals surface area contributed by atoms with Crippen molar-refractivity contribution in [1.82, 2.24) is 20.6 Å². The molecule has 0 aliphatic heterocycles. The van der Waals surface area contributed by atoms with E-state index in [1.807, 2.05) is 0 Å². The molecule has 2 heterocycles. The smallest absolute Gasteiger partial charge is 0.253 e. The van der Waals surface area contributed by atoms with Crippen molar-refractivity contribution in [2.24, 2.45) is 0 Å². The van der Waals surface area contributed by atoms with E-state index in [0.717, 1.165) is 0 Å². The first-order chi connectivity index (χ1) is 11.8. The molecule has 108 valence electrons. The van der Waals surface area contributed by atoms with Crippen molar-refractivity contribution in [2.75, 3.05) is 6.54 Å². The maximum Gasteiger partial charge on any atom is 0.253 e. The number of aromatic nitrogens is 2. The summed E-state index contributed by atoms with van der Waals surface area (Å²) in [6.45, 7) is 1.73. The van der Waals surface area contributed by atoms with Gasteiger partial charge in [0.1, 0.15) is 0 Å². The van der Waals surface area contributed by atoms with E-state index in [0.29, 0.717) is 5.56 Å². The molecule has 1 unspecified atom stereocenters. The molecule has 0 saturated carbocycles. The van der Waals surface area contributed by atoms with Crippen LogP contribution in [0.5, 0.6) is 0 Å². The molecule has 2 N–H and O–H groups in total. The quantitative estimate of drug-likeness (QED) is 0.860. The fourth-order valence-corrected chi connectivity index (χ4v) is 1.53. The minimum Gasteiger partial charge on any atom is -0.350 e. The van der Waals surface area contributed by atoms with Gasteiger partial charge in [-0.15, -0.1) is 0 Å². The van der Waals surface area contributed by atoms with E-state index in [4.69, 9.17) is 5.48 Å². The molecule has 2 amide bonds. The van der Waals surface area contributed by atoms with Crippen LogP contribution in [0, 0.1) is 0 Å². The summed E-state index contributed by atoms with van der Waals surface area (Å²) in [6, 6.07) is 1.79. The zero-order valence-electron chi connectivity index (χ0n) is 15.3. The van der Waals surface area contributed by atoms with Gasteiger partial charge in [0.15, 0.2) is 0 Å². The number of hydrogen-bond donors (Lipinski definition) is 2. The van der Waals surface area contributed by atoms with Crippen LogP contribution in [0.2, 0.25) is 0 Å². The number of hydrogen-bond acceptors (Lipinski definition) is 4. The number of amides is 2. The van der Waals surface area contributed by atoms with Crippen molar-refractivity contribution in [3.63, 3.8) is 0 Å². The maximum absolute atomic E-state index is 12.2. The number of nitrogens with one attached hydrogen (secondary N) is 2. The highest BCUT2D eigenvalue weighted by Gasteiger charge is 2.11. The van der Waals surface area contributed by atoms with E-state index < -0.39 is 36.4 Å². The van der Waals surface area contributed by atoms with Gasteiger partial charge in [-0.2, -0.15) is 0 Å². The van der Waals surface area contributed by atoms with Crippen molar-refractivity contribution in [3.05, 3.63) is 60.1 Å². The Morgan fingerprint density at radius 2 is 2.19 bits per heavy atom. The van der Waals surface area contributed by atoms with E-state index >= 15 is 0 Å². The Labute approximate surface area is 128 Å². The van der Waals surface area contributed by atoms with Crippen LogP contribution in [-0.4, -0.2) is 34.4 Å². The Hall–Kier alpha value is -2.76. The largest absolute Gasteiger partial charge is 0.350 e. The molecular formula is C15H16N4O2. The third-order valence-corrected chi connectivity index (χ3v) is 2.56. The van der Waals surface area contributed by atoms with Gasteiger partial charge in [0.2, 0.25) is 0 Å². The normalized spacial score (nSPS) is 14.1. The molecule has 6 heteroatoms. The summed E-state index contributed by atoms with van der Waals surface area (Å²) in [7, 11) is 0. The van der Waals surface area contributed by atoms with Crippen LogP contribution in [0.1, 0.15) is 33.1 Å². The molecule has 0 aromatic carbocycles. The van der Waals surface area contributed by atoms with E-state index in [9.17, 15) is 9.59 Å². The molecule has 0 radical (unpaired) electrons. The lowest BCUT2D eigenvalue weighted by Crippen LogP contribution is -2.41. The lowest BCUT2D eigenvalue weighted by atomic mass is 10.2. The second kappa shape index (κ2) is 7.14. The molecule has 0 aliphatic rings. The molecule has 0 bridgehead atoms. The van der Waals surface area contributed by atoms with Crippen LogP contribution in [0.25, 0.3) is 0 Å². The predicted molar refractivity (Wildman–Crippen MR) is 77.7 cm³/mol. The van der Waals surface area contributed by atoms with Gasteiger partial charge in [-0.25, -0.2) is 0 Å². The Bertz CT molecular complexity index is 802. The van der Waals surface area contributed by atoms with Crippen LogP contribution in [-0.2, 0) is 0 Å². The predicted octanol–water partition coefficient (Wildman–Crippen LogP) is 1.02. The van der Waals surface area contributed by atoms with Crippen LogP contribution < -0.4 is 10.6 Å². The van der Waals surface area contributed by atoms with Crippen molar-refractivity contribution in [1.29, 1.82) is 0 Å². The molecule has 21 heavy (non-hydrogen) atoms. The topological polar surface area (TPSA) is 84.0 Å². The number of carbonyl (C=O) groups excluding carboxylic acids is 2. The van der Waals surface area contributed by atoms with E-state index in [1.54, 1.807) is 25.3 Å². The molecule has 0 aliphatic carbocycles. The summed E-state index contributed by atoms with van der Waals surface area (Å²) in [5.74, 6) is -1.09. The molecule has 2 aromatic heterocycles. The van der Waals surface area contributed by atoms with Crippen LogP contribution in [0.4, 0.5) is 0 Å². The second-order valence-electron chi connectivity index (χ2n) is 4.29. The van der Waals surface area contributed by atoms with E-state index in [-0.39, 0.29) is 18.0 Å². The summed E-state index contributed by atoms with van der Waals surface area (Å²) in [5, 5.41) is 5.17. The molecule has 0 fully saturated rings. The number of nitrogens with zero attached hydrogens (tertiary/aromatic N) is 2. The SMILES string of the molecule is [2H]c1nc([2H])c(C(=O)NCC(C)NC(=O)c2cccnc2)c([2H])c1[2H]. The van der Waals surface area contributed by atoms with Gasteiger partial charge in [-0.3, -0.25) is 19.6 Å². The molecule has 1 atom stereocenters.